The molecule has 0 spiro atoms. The number of benzene rings is 2. The number of unbranched alkanes of at least 4 members (excludes halogenated alkanes) is 1. The van der Waals surface area contributed by atoms with Crippen LogP contribution >= 0.6 is 23.1 Å². The quantitative estimate of drug-likeness (QED) is 0.288. The normalized spacial score (nSPS) is 15.8. The van der Waals surface area contributed by atoms with E-state index in [1.165, 1.54) is 20.1 Å². The van der Waals surface area contributed by atoms with Crippen LogP contribution in [0.5, 0.6) is 0 Å². The highest BCUT2D eigenvalue weighted by Gasteiger charge is 2.24. The first-order valence-corrected chi connectivity index (χ1v) is 13.3. The zero-order valence-corrected chi connectivity index (χ0v) is 19.9. The van der Waals surface area contributed by atoms with Crippen molar-refractivity contribution in [3.8, 4) is 0 Å². The average Bonchev–Trinajstić information content (AvgIpc) is 3.22. The summed E-state index contributed by atoms with van der Waals surface area (Å²) in [5.41, 5.74) is 3.52. The Morgan fingerprint density at radius 3 is 2.65 bits per heavy atom. The van der Waals surface area contributed by atoms with E-state index in [2.05, 4.69) is 72.0 Å². The zero-order valence-electron chi connectivity index (χ0n) is 17.5. The lowest BCUT2D eigenvalue weighted by atomic mass is 10.2. The van der Waals surface area contributed by atoms with E-state index in [1.807, 2.05) is 12.1 Å². The Labute approximate surface area is 191 Å². The standard InChI is InChI=1S/C23H24N2O3S3/c1-17(15-22-24(2)18-9-3-5-11-20(18)29-22)16-23-25(13-7-8-14-31(26,27)28)19-10-4-6-12-21(19)30-23/h3-6,9-12,15-16H,7-8,13-14H2,1-2H3/p+1. The van der Waals surface area contributed by atoms with Gasteiger partial charge < -0.3 is 4.90 Å². The van der Waals surface area contributed by atoms with Gasteiger partial charge in [0.05, 0.1) is 16.5 Å². The largest absolute Gasteiger partial charge is 0.335 e. The zero-order chi connectivity index (χ0) is 22.0. The molecule has 4 rings (SSSR count). The molecule has 0 saturated carbocycles. The molecule has 1 aliphatic heterocycles. The smallest absolute Gasteiger partial charge is 0.264 e. The highest BCUT2D eigenvalue weighted by molar-refractivity contribution is 8.03. The van der Waals surface area contributed by atoms with E-state index in [0.29, 0.717) is 19.4 Å². The van der Waals surface area contributed by atoms with Gasteiger partial charge in [0, 0.05) is 23.6 Å². The van der Waals surface area contributed by atoms with Gasteiger partial charge in [-0.1, -0.05) is 47.4 Å². The van der Waals surface area contributed by atoms with Gasteiger partial charge in [-0.3, -0.25) is 4.55 Å². The van der Waals surface area contributed by atoms with Crippen LogP contribution < -0.4 is 9.47 Å². The molecular weight excluding hydrogens is 448 g/mol. The Hall–Kier alpha value is -2.13. The number of allylic oxidation sites excluding steroid dienone is 2. The van der Waals surface area contributed by atoms with Gasteiger partial charge in [-0.15, -0.1) is 0 Å². The summed E-state index contributed by atoms with van der Waals surface area (Å²) < 4.78 is 34.5. The molecule has 0 saturated heterocycles. The van der Waals surface area contributed by atoms with E-state index < -0.39 is 10.1 Å². The molecule has 0 aliphatic carbocycles. The number of anilines is 1. The fraction of sp³-hybridized carbons (Fsp3) is 0.261. The molecule has 1 aromatic heterocycles. The third-order valence-electron chi connectivity index (χ3n) is 5.14. The number of aromatic nitrogens is 1. The van der Waals surface area contributed by atoms with Crippen LogP contribution in [0.1, 0.15) is 24.8 Å². The molecule has 0 atom stereocenters. The lowest BCUT2D eigenvalue weighted by molar-refractivity contribution is -0.642. The molecule has 1 N–H and O–H groups in total. The second-order valence-corrected chi connectivity index (χ2v) is 11.2. The number of para-hydroxylation sites is 2. The number of thiazole rings is 1. The van der Waals surface area contributed by atoms with Gasteiger partial charge >= 0.3 is 0 Å². The molecule has 2 aromatic carbocycles. The van der Waals surface area contributed by atoms with Gasteiger partial charge in [-0.05, 0) is 49.6 Å². The third kappa shape index (κ3) is 5.20. The molecule has 0 radical (unpaired) electrons. The second-order valence-electron chi connectivity index (χ2n) is 7.55. The van der Waals surface area contributed by atoms with E-state index in [-0.39, 0.29) is 5.75 Å². The first-order chi connectivity index (χ1) is 14.8. The van der Waals surface area contributed by atoms with Crippen molar-refractivity contribution in [1.29, 1.82) is 0 Å². The number of nitrogens with zero attached hydrogens (tertiary/aromatic N) is 2. The molecule has 31 heavy (non-hydrogen) atoms. The summed E-state index contributed by atoms with van der Waals surface area (Å²) in [5.74, 6) is -0.198. The molecule has 1 aliphatic rings. The van der Waals surface area contributed by atoms with Gasteiger partial charge in [0.25, 0.3) is 15.1 Å². The van der Waals surface area contributed by atoms with Gasteiger partial charge in [0.1, 0.15) is 11.7 Å². The first-order valence-electron chi connectivity index (χ1n) is 10.1. The SMILES string of the molecule is CC(/C=C1\Sc2ccccc2N1CCCCS(=O)(=O)O)=C\c1sc2ccccc2[n+]1C. The molecule has 3 aromatic rings. The van der Waals surface area contributed by atoms with Gasteiger partial charge in [0.15, 0.2) is 0 Å². The van der Waals surface area contributed by atoms with E-state index in [1.54, 1.807) is 23.1 Å². The summed E-state index contributed by atoms with van der Waals surface area (Å²) in [6, 6.07) is 16.7. The van der Waals surface area contributed by atoms with E-state index in [9.17, 15) is 8.42 Å². The van der Waals surface area contributed by atoms with Crippen molar-refractivity contribution < 1.29 is 17.5 Å². The average molecular weight is 474 g/mol. The molecule has 162 valence electrons. The fourth-order valence-corrected chi connectivity index (χ4v) is 6.55. The minimum absolute atomic E-state index is 0.198. The monoisotopic (exact) mass is 473 g/mol. The highest BCUT2D eigenvalue weighted by atomic mass is 32.2. The lowest BCUT2D eigenvalue weighted by Gasteiger charge is -2.20. The molecule has 5 nitrogen and oxygen atoms in total. The van der Waals surface area contributed by atoms with Gasteiger partial charge in [0.2, 0.25) is 5.52 Å². The molecule has 2 heterocycles. The number of thioether (sulfide) groups is 1. The van der Waals surface area contributed by atoms with Crippen LogP contribution in [-0.4, -0.2) is 25.3 Å². The van der Waals surface area contributed by atoms with Gasteiger partial charge in [-0.2, -0.15) is 13.0 Å². The summed E-state index contributed by atoms with van der Waals surface area (Å²) in [6.45, 7) is 2.81. The summed E-state index contributed by atoms with van der Waals surface area (Å²) in [6.07, 6.45) is 5.51. The van der Waals surface area contributed by atoms with Crippen molar-refractivity contribution in [3.05, 3.63) is 70.2 Å². The summed E-state index contributed by atoms with van der Waals surface area (Å²) in [5, 5.41) is 2.32. The third-order valence-corrected chi connectivity index (χ3v) is 8.23. The predicted octanol–water partition coefficient (Wildman–Crippen LogP) is 5.25. The van der Waals surface area contributed by atoms with Crippen LogP contribution in [0.4, 0.5) is 5.69 Å². The van der Waals surface area contributed by atoms with Crippen molar-refractivity contribution in [2.24, 2.45) is 7.05 Å². The van der Waals surface area contributed by atoms with Crippen LogP contribution in [0.25, 0.3) is 16.3 Å². The first kappa shape index (κ1) is 22.1. The predicted molar refractivity (Wildman–Crippen MR) is 130 cm³/mol. The minimum Gasteiger partial charge on any atom is -0.335 e. The Bertz CT molecular complexity index is 1280. The van der Waals surface area contributed by atoms with Crippen molar-refractivity contribution >= 4 is 55.2 Å². The molecule has 0 amide bonds. The fourth-order valence-electron chi connectivity index (χ4n) is 3.62. The van der Waals surface area contributed by atoms with Crippen LogP contribution in [-0.2, 0) is 17.2 Å². The van der Waals surface area contributed by atoms with Crippen molar-refractivity contribution in [1.82, 2.24) is 0 Å². The highest BCUT2D eigenvalue weighted by Crippen LogP contribution is 2.46. The number of rotatable bonds is 7. The van der Waals surface area contributed by atoms with Crippen LogP contribution in [0.15, 0.2) is 70.1 Å². The Morgan fingerprint density at radius 2 is 1.87 bits per heavy atom. The molecular formula is C23H25N2O3S3+. The number of hydrogen-bond donors (Lipinski definition) is 1. The van der Waals surface area contributed by atoms with Crippen LogP contribution in [0, 0.1) is 0 Å². The molecule has 0 unspecified atom stereocenters. The van der Waals surface area contributed by atoms with Crippen LogP contribution in [0.3, 0.4) is 0 Å². The Morgan fingerprint density at radius 1 is 1.13 bits per heavy atom. The summed E-state index contributed by atoms with van der Waals surface area (Å²) >= 11 is 3.50. The Kier molecular flexibility index (Phi) is 6.52. The minimum atomic E-state index is -3.91. The molecule has 0 bridgehead atoms. The van der Waals surface area contributed by atoms with Crippen molar-refractivity contribution in [2.75, 3.05) is 17.2 Å². The number of fused-ring (bicyclic) bond motifs is 2. The topological polar surface area (TPSA) is 61.5 Å². The number of hydrogen-bond acceptors (Lipinski definition) is 5. The Balaban J connectivity index is 1.58. The summed E-state index contributed by atoms with van der Waals surface area (Å²) in [7, 11) is -1.82. The molecule has 8 heteroatoms. The maximum absolute atomic E-state index is 11.0. The van der Waals surface area contributed by atoms with Crippen molar-refractivity contribution in [3.63, 3.8) is 0 Å². The molecule has 0 fully saturated rings. The maximum atomic E-state index is 11.0. The van der Waals surface area contributed by atoms with Crippen LogP contribution in [0.2, 0.25) is 0 Å². The maximum Gasteiger partial charge on any atom is 0.264 e. The van der Waals surface area contributed by atoms with E-state index in [0.717, 1.165) is 16.3 Å². The van der Waals surface area contributed by atoms with E-state index >= 15 is 0 Å². The summed E-state index contributed by atoms with van der Waals surface area (Å²) in [4.78, 5) is 3.44. The second kappa shape index (κ2) is 9.16. The van der Waals surface area contributed by atoms with Gasteiger partial charge in [-0.25, -0.2) is 0 Å². The lowest BCUT2D eigenvalue weighted by Crippen LogP contribution is -2.28. The number of aryl methyl sites for hydroxylation is 1. The van der Waals surface area contributed by atoms with Crippen molar-refractivity contribution in [2.45, 2.75) is 24.7 Å². The van der Waals surface area contributed by atoms with E-state index in [4.69, 9.17) is 4.55 Å².